The van der Waals surface area contributed by atoms with Crippen molar-refractivity contribution in [2.45, 2.75) is 12.9 Å². The van der Waals surface area contributed by atoms with Crippen LogP contribution in [0.1, 0.15) is 15.9 Å². The maximum absolute atomic E-state index is 12.1. The van der Waals surface area contributed by atoms with E-state index >= 15 is 0 Å². The first kappa shape index (κ1) is 17.9. The number of benzene rings is 1. The average Bonchev–Trinajstić information content (AvgIpc) is 3.14. The number of halogens is 3. The molecule has 134 valence electrons. The fourth-order valence-corrected chi connectivity index (χ4v) is 2.89. The summed E-state index contributed by atoms with van der Waals surface area (Å²) in [4.78, 5) is 16.4. The summed E-state index contributed by atoms with van der Waals surface area (Å²) in [7, 11) is 0. The third-order valence-corrected chi connectivity index (χ3v) is 4.13. The minimum atomic E-state index is -4.76. The van der Waals surface area contributed by atoms with E-state index in [1.165, 1.54) is 12.1 Å². The highest BCUT2D eigenvalue weighted by atomic mass is 32.1. The number of alkyl halides is 3. The van der Waals surface area contributed by atoms with Gasteiger partial charge in [0.2, 0.25) is 0 Å². The fourth-order valence-electron chi connectivity index (χ4n) is 2.24. The molecule has 0 saturated carbocycles. The van der Waals surface area contributed by atoms with Crippen molar-refractivity contribution < 1.29 is 22.7 Å². The van der Waals surface area contributed by atoms with Crippen LogP contribution in [0, 0.1) is 0 Å². The summed E-state index contributed by atoms with van der Waals surface area (Å²) in [5.41, 5.74) is 2.92. The standard InChI is InChI=1S/C18H13F3N2O2S/c19-18(20,21)25-15-3-1-13(2-4-15)17(24)23-10-12-5-7-22-16(9-12)14-6-8-26-11-14/h1-9,11H,10H2,(H,23,24). The Bertz CT molecular complexity index is 878. The monoisotopic (exact) mass is 378 g/mol. The number of ether oxygens (including phenoxy) is 1. The maximum Gasteiger partial charge on any atom is 0.573 e. The number of carbonyl (C=O) groups is 1. The van der Waals surface area contributed by atoms with Gasteiger partial charge < -0.3 is 10.1 Å². The highest BCUT2D eigenvalue weighted by Gasteiger charge is 2.31. The summed E-state index contributed by atoms with van der Waals surface area (Å²) < 4.78 is 40.2. The Morgan fingerprint density at radius 2 is 1.92 bits per heavy atom. The summed E-state index contributed by atoms with van der Waals surface area (Å²) in [5, 5.41) is 6.67. The van der Waals surface area contributed by atoms with Crippen LogP contribution in [0.15, 0.2) is 59.4 Å². The second-order valence-corrected chi connectivity index (χ2v) is 6.10. The lowest BCUT2D eigenvalue weighted by atomic mass is 10.1. The summed E-state index contributed by atoms with van der Waals surface area (Å²) in [5.74, 6) is -0.763. The van der Waals surface area contributed by atoms with E-state index in [4.69, 9.17) is 0 Å². The van der Waals surface area contributed by atoms with Crippen molar-refractivity contribution in [3.63, 3.8) is 0 Å². The van der Waals surface area contributed by atoms with Gasteiger partial charge in [0.15, 0.2) is 0 Å². The van der Waals surface area contributed by atoms with Crippen molar-refractivity contribution in [1.29, 1.82) is 0 Å². The van der Waals surface area contributed by atoms with Crippen LogP contribution in [-0.2, 0) is 6.54 Å². The predicted octanol–water partition coefficient (Wildman–Crippen LogP) is 4.64. The van der Waals surface area contributed by atoms with Crippen molar-refractivity contribution in [2.75, 3.05) is 0 Å². The van der Waals surface area contributed by atoms with Crippen LogP contribution in [0.25, 0.3) is 11.3 Å². The normalized spacial score (nSPS) is 11.2. The van der Waals surface area contributed by atoms with E-state index in [0.717, 1.165) is 29.0 Å². The molecule has 0 radical (unpaired) electrons. The quantitative estimate of drug-likeness (QED) is 0.704. The Morgan fingerprint density at radius 3 is 2.58 bits per heavy atom. The molecule has 0 unspecified atom stereocenters. The second-order valence-electron chi connectivity index (χ2n) is 5.32. The second kappa shape index (κ2) is 7.57. The zero-order chi connectivity index (χ0) is 18.6. The molecule has 2 heterocycles. The summed E-state index contributed by atoms with van der Waals surface area (Å²) in [6.07, 6.45) is -3.09. The van der Waals surface area contributed by atoms with Gasteiger partial charge >= 0.3 is 6.36 Å². The topological polar surface area (TPSA) is 51.2 Å². The SMILES string of the molecule is O=C(NCc1ccnc(-c2ccsc2)c1)c1ccc(OC(F)(F)F)cc1. The van der Waals surface area contributed by atoms with Crippen LogP contribution in [0.4, 0.5) is 13.2 Å². The molecule has 0 spiro atoms. The Kier molecular flexibility index (Phi) is 5.22. The maximum atomic E-state index is 12.1. The van der Waals surface area contributed by atoms with Gasteiger partial charge in [0.05, 0.1) is 5.69 Å². The molecule has 8 heteroatoms. The van der Waals surface area contributed by atoms with Gasteiger partial charge in [0.25, 0.3) is 5.91 Å². The summed E-state index contributed by atoms with van der Waals surface area (Å²) in [6.45, 7) is 0.277. The summed E-state index contributed by atoms with van der Waals surface area (Å²) in [6, 6.07) is 10.4. The van der Waals surface area contributed by atoms with Gasteiger partial charge in [-0.2, -0.15) is 11.3 Å². The lowest BCUT2D eigenvalue weighted by molar-refractivity contribution is -0.274. The zero-order valence-electron chi connectivity index (χ0n) is 13.3. The van der Waals surface area contributed by atoms with Crippen molar-refractivity contribution in [2.24, 2.45) is 0 Å². The zero-order valence-corrected chi connectivity index (χ0v) is 14.1. The Labute approximate surface area is 151 Å². The molecule has 0 fully saturated rings. The molecule has 0 aliphatic carbocycles. The first-order valence-electron chi connectivity index (χ1n) is 7.52. The number of hydrogen-bond donors (Lipinski definition) is 1. The van der Waals surface area contributed by atoms with Gasteiger partial charge in [0, 0.05) is 29.2 Å². The number of hydrogen-bond acceptors (Lipinski definition) is 4. The number of pyridine rings is 1. The number of rotatable bonds is 5. The number of thiophene rings is 1. The Balaban J connectivity index is 1.61. The third-order valence-electron chi connectivity index (χ3n) is 3.44. The highest BCUT2D eigenvalue weighted by Crippen LogP contribution is 2.23. The van der Waals surface area contributed by atoms with E-state index in [-0.39, 0.29) is 17.9 Å². The van der Waals surface area contributed by atoms with Crippen LogP contribution in [-0.4, -0.2) is 17.3 Å². The fraction of sp³-hybridized carbons (Fsp3) is 0.111. The molecule has 26 heavy (non-hydrogen) atoms. The molecule has 0 atom stereocenters. The molecule has 0 aliphatic heterocycles. The van der Waals surface area contributed by atoms with Crippen LogP contribution in [0.2, 0.25) is 0 Å². The van der Waals surface area contributed by atoms with Gasteiger partial charge in [0.1, 0.15) is 5.75 Å². The number of nitrogens with one attached hydrogen (secondary N) is 1. The molecule has 1 aromatic carbocycles. The minimum absolute atomic E-state index is 0.242. The van der Waals surface area contributed by atoms with Crippen molar-refractivity contribution in [1.82, 2.24) is 10.3 Å². The molecule has 4 nitrogen and oxygen atoms in total. The van der Waals surface area contributed by atoms with Crippen molar-refractivity contribution in [3.8, 4) is 17.0 Å². The average molecular weight is 378 g/mol. The molecular weight excluding hydrogens is 365 g/mol. The van der Waals surface area contributed by atoms with E-state index in [1.54, 1.807) is 23.6 Å². The van der Waals surface area contributed by atoms with E-state index in [1.807, 2.05) is 22.9 Å². The molecule has 2 aromatic heterocycles. The molecule has 3 aromatic rings. The van der Waals surface area contributed by atoms with Crippen molar-refractivity contribution in [3.05, 3.63) is 70.5 Å². The van der Waals surface area contributed by atoms with Gasteiger partial charge in [-0.25, -0.2) is 0 Å². The number of aromatic nitrogens is 1. The predicted molar refractivity (Wildman–Crippen MR) is 91.8 cm³/mol. The van der Waals surface area contributed by atoms with Gasteiger partial charge in [-0.1, -0.05) is 0 Å². The first-order valence-corrected chi connectivity index (χ1v) is 8.46. The lowest BCUT2D eigenvalue weighted by Crippen LogP contribution is -2.23. The molecule has 3 rings (SSSR count). The van der Waals surface area contributed by atoms with E-state index in [2.05, 4.69) is 15.0 Å². The van der Waals surface area contributed by atoms with Crippen LogP contribution < -0.4 is 10.1 Å². The number of carbonyl (C=O) groups excluding carboxylic acids is 1. The largest absolute Gasteiger partial charge is 0.573 e. The van der Waals surface area contributed by atoms with Gasteiger partial charge in [-0.3, -0.25) is 9.78 Å². The van der Waals surface area contributed by atoms with Crippen LogP contribution >= 0.6 is 11.3 Å². The molecule has 0 saturated heterocycles. The molecule has 1 amide bonds. The van der Waals surface area contributed by atoms with Gasteiger partial charge in [-0.05, 0) is 53.4 Å². The van der Waals surface area contributed by atoms with Gasteiger partial charge in [-0.15, -0.1) is 13.2 Å². The molecule has 0 bridgehead atoms. The van der Waals surface area contributed by atoms with E-state index < -0.39 is 12.3 Å². The number of amides is 1. The van der Waals surface area contributed by atoms with Crippen molar-refractivity contribution >= 4 is 17.2 Å². The summed E-state index contributed by atoms with van der Waals surface area (Å²) >= 11 is 1.57. The van der Waals surface area contributed by atoms with E-state index in [9.17, 15) is 18.0 Å². The smallest absolute Gasteiger partial charge is 0.406 e. The first-order chi connectivity index (χ1) is 12.4. The lowest BCUT2D eigenvalue weighted by Gasteiger charge is -2.10. The highest BCUT2D eigenvalue weighted by molar-refractivity contribution is 7.08. The van der Waals surface area contributed by atoms with Crippen LogP contribution in [0.3, 0.4) is 0 Å². The molecule has 1 N–H and O–H groups in total. The third kappa shape index (κ3) is 4.82. The van der Waals surface area contributed by atoms with Crippen LogP contribution in [0.5, 0.6) is 5.75 Å². The Morgan fingerprint density at radius 1 is 1.15 bits per heavy atom. The minimum Gasteiger partial charge on any atom is -0.406 e. The molecule has 0 aliphatic rings. The molecular formula is C18H13F3N2O2S. The number of nitrogens with zero attached hydrogens (tertiary/aromatic N) is 1. The van der Waals surface area contributed by atoms with E-state index in [0.29, 0.717) is 0 Å². The Hall–Kier alpha value is -2.87.